The van der Waals surface area contributed by atoms with E-state index in [1.54, 1.807) is 0 Å². The second-order valence-electron chi connectivity index (χ2n) is 2.67. The van der Waals surface area contributed by atoms with Gasteiger partial charge in [0, 0.05) is 3.57 Å². The number of primary amides is 1. The maximum Gasteiger partial charge on any atom is 0.252 e. The highest BCUT2D eigenvalue weighted by molar-refractivity contribution is 14.1. The summed E-state index contributed by atoms with van der Waals surface area (Å²) < 4.78 is 0.927. The summed E-state index contributed by atoms with van der Waals surface area (Å²) in [5, 5.41) is 0.183. The van der Waals surface area contributed by atoms with Crippen LogP contribution in [0, 0.1) is 17.4 Å². The Balaban J connectivity index is 3.53. The summed E-state index contributed by atoms with van der Waals surface area (Å²) in [4.78, 5) is 15.0. The molecule has 0 saturated heterocycles. The third-order valence-corrected chi connectivity index (χ3v) is 3.60. The highest BCUT2D eigenvalue weighted by atomic mass is 127. The van der Waals surface area contributed by atoms with Gasteiger partial charge in [0.1, 0.15) is 5.15 Å². The fourth-order valence-corrected chi connectivity index (χ4v) is 1.83. The fraction of sp³-hybridized carbons (Fsp3) is 0.250. The Labute approximate surface area is 94.8 Å². The van der Waals surface area contributed by atoms with Crippen molar-refractivity contribution in [2.75, 3.05) is 0 Å². The van der Waals surface area contributed by atoms with E-state index < -0.39 is 5.91 Å². The van der Waals surface area contributed by atoms with Crippen LogP contribution in [0.15, 0.2) is 0 Å². The van der Waals surface area contributed by atoms with E-state index in [4.69, 9.17) is 17.3 Å². The molecule has 1 aromatic rings. The minimum Gasteiger partial charge on any atom is -0.365 e. The van der Waals surface area contributed by atoms with Crippen molar-refractivity contribution in [2.24, 2.45) is 5.73 Å². The molecule has 0 aromatic carbocycles. The van der Waals surface area contributed by atoms with Crippen molar-refractivity contribution in [1.82, 2.24) is 4.98 Å². The Kier molecular flexibility index (Phi) is 3.13. The first kappa shape index (κ1) is 10.7. The molecule has 0 spiro atoms. The SMILES string of the molecule is Cc1nc(Cl)c(C(N)=O)c(C)c1I. The van der Waals surface area contributed by atoms with Crippen LogP contribution in [0.3, 0.4) is 0 Å². The van der Waals surface area contributed by atoms with Crippen LogP contribution < -0.4 is 5.73 Å². The molecule has 0 fully saturated rings. The summed E-state index contributed by atoms with van der Waals surface area (Å²) in [7, 11) is 0. The van der Waals surface area contributed by atoms with E-state index >= 15 is 0 Å². The molecule has 0 aliphatic carbocycles. The first-order valence-electron chi connectivity index (χ1n) is 3.57. The van der Waals surface area contributed by atoms with Gasteiger partial charge in [-0.2, -0.15) is 0 Å². The van der Waals surface area contributed by atoms with Gasteiger partial charge in [-0.15, -0.1) is 0 Å². The molecule has 3 nitrogen and oxygen atoms in total. The van der Waals surface area contributed by atoms with Gasteiger partial charge in [0.15, 0.2) is 0 Å². The Morgan fingerprint density at radius 1 is 1.54 bits per heavy atom. The molecule has 0 aliphatic rings. The zero-order chi connectivity index (χ0) is 10.2. The average Bonchev–Trinajstić information content (AvgIpc) is 1.99. The predicted molar refractivity (Wildman–Crippen MR) is 60.0 cm³/mol. The molecule has 13 heavy (non-hydrogen) atoms. The van der Waals surface area contributed by atoms with Gasteiger partial charge in [0.2, 0.25) is 0 Å². The van der Waals surface area contributed by atoms with E-state index in [0.29, 0.717) is 5.56 Å². The van der Waals surface area contributed by atoms with Crippen molar-refractivity contribution in [1.29, 1.82) is 0 Å². The lowest BCUT2D eigenvalue weighted by molar-refractivity contribution is 0.0999. The summed E-state index contributed by atoms with van der Waals surface area (Å²) in [5.74, 6) is -0.534. The Hall–Kier alpha value is -0.360. The summed E-state index contributed by atoms with van der Waals surface area (Å²) in [6.45, 7) is 3.65. The molecular formula is C8H8ClIN2O. The third kappa shape index (κ3) is 1.94. The van der Waals surface area contributed by atoms with E-state index in [2.05, 4.69) is 27.6 Å². The second-order valence-corrected chi connectivity index (χ2v) is 4.10. The van der Waals surface area contributed by atoms with Crippen LogP contribution >= 0.6 is 34.2 Å². The maximum atomic E-state index is 11.0. The van der Waals surface area contributed by atoms with Crippen LogP contribution in [0.25, 0.3) is 0 Å². The van der Waals surface area contributed by atoms with Crippen LogP contribution in [0.1, 0.15) is 21.6 Å². The van der Waals surface area contributed by atoms with Crippen molar-refractivity contribution < 1.29 is 4.79 Å². The molecule has 0 unspecified atom stereocenters. The zero-order valence-electron chi connectivity index (χ0n) is 7.19. The fourth-order valence-electron chi connectivity index (χ4n) is 1.07. The standard InChI is InChI=1S/C8H8ClIN2O/c1-3-5(8(11)13)7(9)12-4(2)6(3)10/h1-2H3,(H2,11,13). The molecule has 1 heterocycles. The molecule has 5 heteroatoms. The molecule has 1 rings (SSSR count). The van der Waals surface area contributed by atoms with Crippen LogP contribution in [0.5, 0.6) is 0 Å². The quantitative estimate of drug-likeness (QED) is 0.637. The first-order chi connectivity index (χ1) is 5.95. The lowest BCUT2D eigenvalue weighted by Gasteiger charge is -2.08. The molecule has 0 bridgehead atoms. The molecule has 70 valence electrons. The number of carbonyl (C=O) groups is 1. The van der Waals surface area contributed by atoms with Crippen molar-refractivity contribution in [3.05, 3.63) is 25.5 Å². The van der Waals surface area contributed by atoms with Crippen molar-refractivity contribution in [3.8, 4) is 0 Å². The minimum atomic E-state index is -0.534. The monoisotopic (exact) mass is 310 g/mol. The van der Waals surface area contributed by atoms with Crippen LogP contribution in [0.2, 0.25) is 5.15 Å². The van der Waals surface area contributed by atoms with Gasteiger partial charge in [-0.3, -0.25) is 4.79 Å². The van der Waals surface area contributed by atoms with Crippen molar-refractivity contribution in [3.63, 3.8) is 0 Å². The van der Waals surface area contributed by atoms with Gasteiger partial charge in [-0.05, 0) is 42.0 Å². The van der Waals surface area contributed by atoms with Gasteiger partial charge in [-0.1, -0.05) is 11.6 Å². The number of aromatic nitrogens is 1. The molecule has 0 saturated carbocycles. The van der Waals surface area contributed by atoms with E-state index in [9.17, 15) is 4.79 Å². The summed E-state index contributed by atoms with van der Waals surface area (Å²) in [5.41, 5.74) is 7.09. The molecule has 0 aliphatic heterocycles. The summed E-state index contributed by atoms with van der Waals surface area (Å²) in [6.07, 6.45) is 0. The van der Waals surface area contributed by atoms with Crippen molar-refractivity contribution >= 4 is 40.1 Å². The topological polar surface area (TPSA) is 56.0 Å². The number of aryl methyl sites for hydroxylation is 1. The van der Waals surface area contributed by atoms with Gasteiger partial charge in [0.05, 0.1) is 11.3 Å². The lowest BCUT2D eigenvalue weighted by atomic mass is 10.1. The number of rotatable bonds is 1. The van der Waals surface area contributed by atoms with E-state index in [-0.39, 0.29) is 5.15 Å². The predicted octanol–water partition coefficient (Wildman–Crippen LogP) is 2.06. The Morgan fingerprint density at radius 3 is 2.54 bits per heavy atom. The van der Waals surface area contributed by atoms with Gasteiger partial charge < -0.3 is 5.73 Å². The van der Waals surface area contributed by atoms with Gasteiger partial charge in [0.25, 0.3) is 5.91 Å². The van der Waals surface area contributed by atoms with Gasteiger partial charge in [-0.25, -0.2) is 4.98 Å². The molecule has 2 N–H and O–H groups in total. The van der Waals surface area contributed by atoms with Crippen LogP contribution in [-0.2, 0) is 0 Å². The number of hydrogen-bond donors (Lipinski definition) is 1. The highest BCUT2D eigenvalue weighted by Crippen LogP contribution is 2.23. The Bertz CT molecular complexity index is 379. The van der Waals surface area contributed by atoms with Crippen LogP contribution in [-0.4, -0.2) is 10.9 Å². The summed E-state index contributed by atoms with van der Waals surface area (Å²) in [6, 6.07) is 0. The summed E-state index contributed by atoms with van der Waals surface area (Å²) >= 11 is 7.90. The van der Waals surface area contributed by atoms with Crippen LogP contribution in [0.4, 0.5) is 0 Å². The lowest BCUT2D eigenvalue weighted by Crippen LogP contribution is -2.15. The largest absolute Gasteiger partial charge is 0.365 e. The number of pyridine rings is 1. The molecule has 0 atom stereocenters. The Morgan fingerprint density at radius 2 is 2.08 bits per heavy atom. The molecule has 1 amide bonds. The van der Waals surface area contributed by atoms with Gasteiger partial charge >= 0.3 is 0 Å². The molecule has 1 aromatic heterocycles. The minimum absolute atomic E-state index is 0.183. The van der Waals surface area contributed by atoms with Crippen molar-refractivity contribution in [2.45, 2.75) is 13.8 Å². The highest BCUT2D eigenvalue weighted by Gasteiger charge is 2.15. The second kappa shape index (κ2) is 3.79. The number of amides is 1. The smallest absolute Gasteiger partial charge is 0.252 e. The van der Waals surface area contributed by atoms with E-state index in [0.717, 1.165) is 14.8 Å². The molecular weight excluding hydrogens is 302 g/mol. The van der Waals surface area contributed by atoms with E-state index in [1.165, 1.54) is 0 Å². The number of nitrogens with zero attached hydrogens (tertiary/aromatic N) is 1. The first-order valence-corrected chi connectivity index (χ1v) is 5.02. The number of halogens is 2. The normalized spacial score (nSPS) is 10.2. The number of nitrogens with two attached hydrogens (primary N) is 1. The number of hydrogen-bond acceptors (Lipinski definition) is 2. The average molecular weight is 311 g/mol. The third-order valence-electron chi connectivity index (χ3n) is 1.74. The molecule has 0 radical (unpaired) electrons. The maximum absolute atomic E-state index is 11.0. The zero-order valence-corrected chi connectivity index (χ0v) is 10.1. The van der Waals surface area contributed by atoms with E-state index in [1.807, 2.05) is 13.8 Å². The number of carbonyl (C=O) groups excluding carboxylic acids is 1.